The smallest absolute Gasteiger partial charge is 0.422 e. The molecule has 2 heterocycles. The minimum Gasteiger partial charge on any atom is -0.422 e. The Hall–Kier alpha value is -0.865. The zero-order valence-corrected chi connectivity index (χ0v) is 7.11. The highest BCUT2D eigenvalue weighted by molar-refractivity contribution is 6.60. The van der Waals surface area contributed by atoms with Crippen LogP contribution < -0.4 is 5.59 Å². The van der Waals surface area contributed by atoms with Gasteiger partial charge in [0, 0.05) is 6.20 Å². The van der Waals surface area contributed by atoms with Crippen molar-refractivity contribution in [1.82, 2.24) is 4.98 Å². The molecule has 0 unspecified atom stereocenters. The van der Waals surface area contributed by atoms with Gasteiger partial charge in [0.2, 0.25) is 0 Å². The lowest BCUT2D eigenvalue weighted by atomic mass is 9.84. The van der Waals surface area contributed by atoms with E-state index in [1.165, 1.54) is 0 Å². The monoisotopic (exact) mass is 163 g/mol. The summed E-state index contributed by atoms with van der Waals surface area (Å²) in [6, 6.07) is 3.78. The fourth-order valence-corrected chi connectivity index (χ4v) is 1.52. The lowest BCUT2D eigenvalue weighted by Crippen LogP contribution is -2.30. The second kappa shape index (κ2) is 2.31. The summed E-state index contributed by atoms with van der Waals surface area (Å²) in [5.74, 6) is 0. The Bertz CT molecular complexity index is 314. The first-order valence-corrected chi connectivity index (χ1v) is 3.92. The van der Waals surface area contributed by atoms with Crippen molar-refractivity contribution in [3.8, 4) is 0 Å². The molecular weight excluding hydrogens is 153 g/mol. The molecule has 0 aliphatic carbocycles. The summed E-state index contributed by atoms with van der Waals surface area (Å²) in [5, 5.41) is 9.43. The lowest BCUT2D eigenvalue weighted by molar-refractivity contribution is 0.101. The first-order valence-electron chi connectivity index (χ1n) is 3.92. The van der Waals surface area contributed by atoms with Gasteiger partial charge in [0.15, 0.2) is 0 Å². The van der Waals surface area contributed by atoms with E-state index >= 15 is 0 Å². The molecule has 0 aromatic carbocycles. The highest BCUT2D eigenvalue weighted by Crippen LogP contribution is 2.28. The van der Waals surface area contributed by atoms with Crippen LogP contribution in [0.4, 0.5) is 0 Å². The van der Waals surface area contributed by atoms with Crippen LogP contribution in [0.1, 0.15) is 19.4 Å². The van der Waals surface area contributed by atoms with Crippen molar-refractivity contribution in [1.29, 1.82) is 0 Å². The van der Waals surface area contributed by atoms with Crippen LogP contribution in [0, 0.1) is 0 Å². The van der Waals surface area contributed by atoms with Gasteiger partial charge in [0.25, 0.3) is 0 Å². The van der Waals surface area contributed by atoms with Crippen LogP contribution in [-0.4, -0.2) is 17.1 Å². The summed E-state index contributed by atoms with van der Waals surface area (Å²) in [7, 11) is -0.865. The Morgan fingerprint density at radius 3 is 3.00 bits per heavy atom. The second-order valence-electron chi connectivity index (χ2n) is 3.42. The van der Waals surface area contributed by atoms with E-state index in [1.807, 2.05) is 26.0 Å². The van der Waals surface area contributed by atoms with Gasteiger partial charge >= 0.3 is 7.12 Å². The van der Waals surface area contributed by atoms with Crippen molar-refractivity contribution in [2.45, 2.75) is 19.4 Å². The molecule has 2 rings (SSSR count). The maximum atomic E-state index is 9.43. The summed E-state index contributed by atoms with van der Waals surface area (Å²) in [6.45, 7) is 3.84. The normalized spacial score (nSPS) is 19.4. The largest absolute Gasteiger partial charge is 0.511 e. The van der Waals surface area contributed by atoms with Gasteiger partial charge < -0.3 is 9.68 Å². The van der Waals surface area contributed by atoms with E-state index in [-0.39, 0.29) is 0 Å². The highest BCUT2D eigenvalue weighted by Gasteiger charge is 2.41. The Morgan fingerprint density at radius 1 is 1.58 bits per heavy atom. The Labute approximate surface area is 71.5 Å². The summed E-state index contributed by atoms with van der Waals surface area (Å²) in [6.07, 6.45) is 1.66. The fraction of sp³-hybridized carbons (Fsp3) is 0.375. The molecule has 0 atom stereocenters. The van der Waals surface area contributed by atoms with Gasteiger partial charge in [-0.1, -0.05) is 6.07 Å². The molecule has 0 spiro atoms. The third-order valence-electron chi connectivity index (χ3n) is 2.13. The lowest BCUT2D eigenvalue weighted by Gasteiger charge is -2.18. The summed E-state index contributed by atoms with van der Waals surface area (Å²) in [5.41, 5.74) is 1.20. The molecule has 0 saturated heterocycles. The molecule has 1 aliphatic heterocycles. The molecule has 62 valence electrons. The predicted molar refractivity (Wildman–Crippen MR) is 46.0 cm³/mol. The minimum absolute atomic E-state index is 0.414. The third-order valence-corrected chi connectivity index (χ3v) is 2.13. The van der Waals surface area contributed by atoms with Crippen molar-refractivity contribution < 1.29 is 9.68 Å². The number of hydrogen-bond donors (Lipinski definition) is 1. The zero-order chi connectivity index (χ0) is 8.77. The maximum absolute atomic E-state index is 9.43. The first-order chi connectivity index (χ1) is 5.61. The number of hydrogen-bond acceptors (Lipinski definition) is 3. The molecule has 0 radical (unpaired) electrons. The average Bonchev–Trinajstić information content (AvgIpc) is 2.25. The fourth-order valence-electron chi connectivity index (χ4n) is 1.52. The molecule has 0 saturated carbocycles. The Morgan fingerprint density at radius 2 is 2.33 bits per heavy atom. The summed E-state index contributed by atoms with van der Waals surface area (Å²) in [4.78, 5) is 4.06. The van der Waals surface area contributed by atoms with E-state index in [9.17, 15) is 5.02 Å². The topological polar surface area (TPSA) is 42.4 Å². The van der Waals surface area contributed by atoms with Crippen molar-refractivity contribution >= 4 is 12.7 Å². The number of pyridine rings is 1. The third kappa shape index (κ3) is 0.957. The number of fused-ring (bicyclic) bond motifs is 1. The van der Waals surface area contributed by atoms with Gasteiger partial charge in [-0.05, 0) is 25.5 Å². The number of nitrogens with zero attached hydrogens (tertiary/aromatic N) is 1. The van der Waals surface area contributed by atoms with E-state index in [2.05, 4.69) is 4.98 Å². The maximum Gasteiger partial charge on any atom is 0.511 e. The Kier molecular flexibility index (Phi) is 1.50. The average molecular weight is 163 g/mol. The first kappa shape index (κ1) is 7.77. The molecule has 1 aromatic rings. The van der Waals surface area contributed by atoms with Crippen LogP contribution in [0.5, 0.6) is 0 Å². The molecule has 12 heavy (non-hydrogen) atoms. The molecule has 3 nitrogen and oxygen atoms in total. The Balaban J connectivity index is 2.58. The van der Waals surface area contributed by atoms with E-state index in [0.29, 0.717) is 5.59 Å². The minimum atomic E-state index is -0.865. The van der Waals surface area contributed by atoms with Crippen LogP contribution in [0.2, 0.25) is 0 Å². The summed E-state index contributed by atoms with van der Waals surface area (Å²) < 4.78 is 5.31. The van der Waals surface area contributed by atoms with Crippen molar-refractivity contribution in [3.63, 3.8) is 0 Å². The molecule has 0 bridgehead atoms. The van der Waals surface area contributed by atoms with E-state index in [4.69, 9.17) is 4.65 Å². The van der Waals surface area contributed by atoms with Crippen LogP contribution in [-0.2, 0) is 10.3 Å². The van der Waals surface area contributed by atoms with Gasteiger partial charge in [0.05, 0.1) is 11.2 Å². The zero-order valence-electron chi connectivity index (χ0n) is 7.11. The van der Waals surface area contributed by atoms with Crippen LogP contribution >= 0.6 is 0 Å². The SMILES string of the molecule is CC1(C)OB(O)c2ncccc21. The molecule has 0 fully saturated rings. The molecule has 1 aliphatic rings. The summed E-state index contributed by atoms with van der Waals surface area (Å²) >= 11 is 0. The van der Waals surface area contributed by atoms with Crippen molar-refractivity contribution in [3.05, 3.63) is 23.9 Å². The van der Waals surface area contributed by atoms with Crippen LogP contribution in [0.25, 0.3) is 0 Å². The molecule has 4 heteroatoms. The molecular formula is C8H10BNO2. The van der Waals surface area contributed by atoms with Gasteiger partial charge in [0.1, 0.15) is 0 Å². The number of rotatable bonds is 0. The standard InChI is InChI=1S/C8H10BNO2/c1-8(2)6-4-3-5-10-7(6)9(11)12-8/h3-5,11H,1-2H3. The van der Waals surface area contributed by atoms with E-state index in [0.717, 1.165) is 5.56 Å². The van der Waals surface area contributed by atoms with Gasteiger partial charge in [-0.2, -0.15) is 0 Å². The predicted octanol–water partition coefficient (Wildman–Crippen LogP) is 0.0344. The molecule has 1 aromatic heterocycles. The number of aromatic nitrogens is 1. The van der Waals surface area contributed by atoms with Crippen LogP contribution in [0.3, 0.4) is 0 Å². The second-order valence-corrected chi connectivity index (χ2v) is 3.42. The molecule has 0 amide bonds. The van der Waals surface area contributed by atoms with E-state index < -0.39 is 12.7 Å². The van der Waals surface area contributed by atoms with Crippen molar-refractivity contribution in [2.24, 2.45) is 0 Å². The van der Waals surface area contributed by atoms with Crippen LogP contribution in [0.15, 0.2) is 18.3 Å². The van der Waals surface area contributed by atoms with E-state index in [1.54, 1.807) is 6.20 Å². The quantitative estimate of drug-likeness (QED) is 0.548. The molecule has 1 N–H and O–H groups in total. The van der Waals surface area contributed by atoms with Gasteiger partial charge in [-0.15, -0.1) is 0 Å². The van der Waals surface area contributed by atoms with Gasteiger partial charge in [-0.25, -0.2) is 0 Å². The van der Waals surface area contributed by atoms with Crippen molar-refractivity contribution in [2.75, 3.05) is 0 Å². The van der Waals surface area contributed by atoms with Gasteiger partial charge in [-0.3, -0.25) is 4.98 Å². The highest BCUT2D eigenvalue weighted by atomic mass is 16.5.